The van der Waals surface area contributed by atoms with Crippen LogP contribution in [0.25, 0.3) is 0 Å². The molecule has 0 amide bonds. The predicted octanol–water partition coefficient (Wildman–Crippen LogP) is 2.80. The van der Waals surface area contributed by atoms with Gasteiger partial charge in [0.25, 0.3) is 0 Å². The second kappa shape index (κ2) is 5.11. The van der Waals surface area contributed by atoms with E-state index in [0.717, 1.165) is 30.4 Å². The van der Waals surface area contributed by atoms with Crippen molar-refractivity contribution >= 4 is 0 Å². The molecule has 0 aliphatic rings. The summed E-state index contributed by atoms with van der Waals surface area (Å²) in [6.45, 7) is 3.92. The fraction of sp³-hybridized carbons (Fsp3) is 0.500. The molecule has 1 aromatic carbocycles. The maximum Gasteiger partial charge on any atom is 0.126 e. The van der Waals surface area contributed by atoms with Gasteiger partial charge in [-0.25, -0.2) is 4.39 Å². The third-order valence-electron chi connectivity index (χ3n) is 2.52. The molecule has 78 valence electrons. The van der Waals surface area contributed by atoms with Gasteiger partial charge in [0.2, 0.25) is 0 Å². The molecule has 14 heavy (non-hydrogen) atoms. The van der Waals surface area contributed by atoms with Crippen molar-refractivity contribution in [2.24, 2.45) is 5.73 Å². The molecule has 1 atom stereocenters. The maximum atomic E-state index is 13.2. The molecular weight excluding hydrogens is 177 g/mol. The average molecular weight is 195 g/mol. The van der Waals surface area contributed by atoms with Crippen LogP contribution in [0.5, 0.6) is 0 Å². The number of hydrogen-bond donors (Lipinski definition) is 1. The first-order valence-electron chi connectivity index (χ1n) is 5.14. The minimum absolute atomic E-state index is 0.133. The minimum Gasteiger partial charge on any atom is -0.327 e. The van der Waals surface area contributed by atoms with E-state index in [1.807, 2.05) is 13.0 Å². The van der Waals surface area contributed by atoms with Crippen molar-refractivity contribution in [3.8, 4) is 0 Å². The summed E-state index contributed by atoms with van der Waals surface area (Å²) in [6, 6.07) is 5.34. The van der Waals surface area contributed by atoms with Gasteiger partial charge in [-0.2, -0.15) is 0 Å². The monoisotopic (exact) mass is 195 g/mol. The number of nitrogens with two attached hydrogens (primary N) is 1. The van der Waals surface area contributed by atoms with E-state index in [9.17, 15) is 4.39 Å². The lowest BCUT2D eigenvalue weighted by atomic mass is 9.99. The lowest BCUT2D eigenvalue weighted by Gasteiger charge is -2.12. The van der Waals surface area contributed by atoms with Gasteiger partial charge < -0.3 is 5.73 Å². The molecular formula is C12H18FN. The van der Waals surface area contributed by atoms with Crippen molar-refractivity contribution in [2.75, 3.05) is 0 Å². The Labute approximate surface area is 85.1 Å². The van der Waals surface area contributed by atoms with E-state index in [2.05, 4.69) is 6.92 Å². The van der Waals surface area contributed by atoms with Crippen LogP contribution in [0.15, 0.2) is 18.2 Å². The van der Waals surface area contributed by atoms with Crippen molar-refractivity contribution in [3.05, 3.63) is 35.1 Å². The Hall–Kier alpha value is -0.890. The first kappa shape index (κ1) is 11.2. The summed E-state index contributed by atoms with van der Waals surface area (Å²) in [4.78, 5) is 0. The van der Waals surface area contributed by atoms with Crippen LogP contribution in [-0.2, 0) is 6.42 Å². The quantitative estimate of drug-likeness (QED) is 0.785. The highest BCUT2D eigenvalue weighted by Gasteiger charge is 2.07. The van der Waals surface area contributed by atoms with Crippen LogP contribution in [0.4, 0.5) is 4.39 Å². The molecule has 0 saturated carbocycles. The van der Waals surface area contributed by atoms with E-state index >= 15 is 0 Å². The molecule has 0 aliphatic heterocycles. The SMILES string of the molecule is CCC[C@H](N)Cc1cccc(F)c1C. The van der Waals surface area contributed by atoms with Gasteiger partial charge in [0.15, 0.2) is 0 Å². The van der Waals surface area contributed by atoms with Crippen LogP contribution in [-0.4, -0.2) is 6.04 Å². The fourth-order valence-electron chi connectivity index (χ4n) is 1.63. The molecule has 1 rings (SSSR count). The van der Waals surface area contributed by atoms with Gasteiger partial charge in [0.05, 0.1) is 0 Å². The average Bonchev–Trinajstić information content (AvgIpc) is 2.13. The van der Waals surface area contributed by atoms with Gasteiger partial charge in [0, 0.05) is 6.04 Å². The van der Waals surface area contributed by atoms with Crippen molar-refractivity contribution in [2.45, 2.75) is 39.2 Å². The molecule has 2 N–H and O–H groups in total. The van der Waals surface area contributed by atoms with Crippen molar-refractivity contribution in [3.63, 3.8) is 0 Å². The second-order valence-corrected chi connectivity index (χ2v) is 3.78. The zero-order valence-electron chi connectivity index (χ0n) is 8.89. The molecule has 1 aromatic rings. The van der Waals surface area contributed by atoms with E-state index in [1.165, 1.54) is 6.07 Å². The summed E-state index contributed by atoms with van der Waals surface area (Å²) in [5, 5.41) is 0. The number of halogens is 1. The zero-order chi connectivity index (χ0) is 10.6. The summed E-state index contributed by atoms with van der Waals surface area (Å²) in [5.74, 6) is -0.133. The second-order valence-electron chi connectivity index (χ2n) is 3.78. The Kier molecular flexibility index (Phi) is 4.08. The maximum absolute atomic E-state index is 13.2. The molecule has 0 unspecified atom stereocenters. The minimum atomic E-state index is -0.133. The number of hydrogen-bond acceptors (Lipinski definition) is 1. The molecule has 0 saturated heterocycles. The first-order valence-corrected chi connectivity index (χ1v) is 5.14. The molecule has 0 bridgehead atoms. The van der Waals surface area contributed by atoms with Crippen LogP contribution < -0.4 is 5.73 Å². The molecule has 1 nitrogen and oxygen atoms in total. The highest BCUT2D eigenvalue weighted by molar-refractivity contribution is 5.27. The molecule has 0 radical (unpaired) electrons. The highest BCUT2D eigenvalue weighted by atomic mass is 19.1. The lowest BCUT2D eigenvalue weighted by Crippen LogP contribution is -2.22. The Balaban J connectivity index is 2.71. The smallest absolute Gasteiger partial charge is 0.126 e. The van der Waals surface area contributed by atoms with E-state index in [1.54, 1.807) is 6.07 Å². The Morgan fingerprint density at radius 1 is 1.43 bits per heavy atom. The van der Waals surface area contributed by atoms with Crippen LogP contribution in [0.3, 0.4) is 0 Å². The van der Waals surface area contributed by atoms with Crippen LogP contribution in [0.1, 0.15) is 30.9 Å². The molecule has 0 spiro atoms. The summed E-state index contributed by atoms with van der Waals surface area (Å²) in [6.07, 6.45) is 2.85. The lowest BCUT2D eigenvalue weighted by molar-refractivity contribution is 0.586. The third-order valence-corrected chi connectivity index (χ3v) is 2.52. The third kappa shape index (κ3) is 2.81. The van der Waals surface area contributed by atoms with E-state index in [0.29, 0.717) is 0 Å². The van der Waals surface area contributed by atoms with Gasteiger partial charge in [0.1, 0.15) is 5.82 Å². The molecule has 0 heterocycles. The number of benzene rings is 1. The molecule has 2 heteroatoms. The van der Waals surface area contributed by atoms with Gasteiger partial charge in [-0.15, -0.1) is 0 Å². The number of rotatable bonds is 4. The van der Waals surface area contributed by atoms with E-state index < -0.39 is 0 Å². The van der Waals surface area contributed by atoms with Crippen LogP contribution in [0, 0.1) is 12.7 Å². The standard InChI is InChI=1S/C12H18FN/c1-3-5-11(14)8-10-6-4-7-12(13)9(10)2/h4,6-7,11H,3,5,8,14H2,1-2H3/t11-/m0/s1. The Bertz CT molecular complexity index is 296. The molecule has 0 aromatic heterocycles. The van der Waals surface area contributed by atoms with Crippen molar-refractivity contribution in [1.82, 2.24) is 0 Å². The normalized spacial score (nSPS) is 12.9. The highest BCUT2D eigenvalue weighted by Crippen LogP contribution is 2.14. The summed E-state index contributed by atoms with van der Waals surface area (Å²) >= 11 is 0. The van der Waals surface area contributed by atoms with Gasteiger partial charge in [-0.3, -0.25) is 0 Å². The molecule has 0 fully saturated rings. The molecule has 0 aliphatic carbocycles. The van der Waals surface area contributed by atoms with Gasteiger partial charge >= 0.3 is 0 Å². The topological polar surface area (TPSA) is 26.0 Å². The van der Waals surface area contributed by atoms with Crippen molar-refractivity contribution < 1.29 is 4.39 Å². The van der Waals surface area contributed by atoms with Gasteiger partial charge in [-0.1, -0.05) is 25.5 Å². The largest absolute Gasteiger partial charge is 0.327 e. The van der Waals surface area contributed by atoms with E-state index in [-0.39, 0.29) is 11.9 Å². The van der Waals surface area contributed by atoms with Crippen LogP contribution in [0.2, 0.25) is 0 Å². The first-order chi connectivity index (χ1) is 6.65. The van der Waals surface area contributed by atoms with Crippen molar-refractivity contribution in [1.29, 1.82) is 0 Å². The van der Waals surface area contributed by atoms with E-state index in [4.69, 9.17) is 5.73 Å². The van der Waals surface area contributed by atoms with Gasteiger partial charge in [-0.05, 0) is 37.0 Å². The summed E-state index contributed by atoms with van der Waals surface area (Å²) in [7, 11) is 0. The fourth-order valence-corrected chi connectivity index (χ4v) is 1.63. The predicted molar refractivity (Wildman–Crippen MR) is 57.7 cm³/mol. The van der Waals surface area contributed by atoms with Crippen LogP contribution >= 0.6 is 0 Å². The summed E-state index contributed by atoms with van der Waals surface area (Å²) < 4.78 is 13.2. The zero-order valence-corrected chi connectivity index (χ0v) is 8.89. The Morgan fingerprint density at radius 3 is 2.79 bits per heavy atom. The summed E-state index contributed by atoms with van der Waals surface area (Å²) in [5.41, 5.74) is 7.68. The Morgan fingerprint density at radius 2 is 2.14 bits per heavy atom.